The van der Waals surface area contributed by atoms with Gasteiger partial charge in [-0.3, -0.25) is 18.6 Å². The lowest BCUT2D eigenvalue weighted by atomic mass is 10.0. The van der Waals surface area contributed by atoms with Crippen LogP contribution in [0.4, 0.5) is 0 Å². The molecule has 0 rings (SSSR count). The topological polar surface area (TPSA) is 134 Å². The van der Waals surface area contributed by atoms with E-state index < -0.39 is 26.5 Å². The summed E-state index contributed by atoms with van der Waals surface area (Å²) >= 11 is 0. The molecule has 84 heavy (non-hydrogen) atoms. The average molecular weight is 1210 g/mol. The Morgan fingerprint density at radius 1 is 0.310 bits per heavy atom. The number of nitrogens with two attached hydrogens (primary N) is 1. The van der Waals surface area contributed by atoms with E-state index in [4.69, 9.17) is 24.3 Å². The van der Waals surface area contributed by atoms with Crippen LogP contribution in [0.5, 0.6) is 0 Å². The van der Waals surface area contributed by atoms with Gasteiger partial charge in [-0.1, -0.05) is 406 Å². The summed E-state index contributed by atoms with van der Waals surface area (Å²) in [5, 5.41) is 0. The van der Waals surface area contributed by atoms with Crippen LogP contribution in [0.15, 0.2) is 0 Å². The molecule has 0 aliphatic heterocycles. The molecule has 0 spiro atoms. The Morgan fingerprint density at radius 3 is 0.726 bits per heavy atom. The molecule has 0 aromatic rings. The van der Waals surface area contributed by atoms with Gasteiger partial charge in [0.1, 0.15) is 6.61 Å². The molecule has 0 aromatic carbocycles. The van der Waals surface area contributed by atoms with Gasteiger partial charge in [0, 0.05) is 19.4 Å². The number of unbranched alkanes of at least 4 members (excludes halogenated alkanes) is 61. The van der Waals surface area contributed by atoms with Crippen LogP contribution in [-0.2, 0) is 32.7 Å². The van der Waals surface area contributed by atoms with Gasteiger partial charge in [-0.05, 0) is 12.8 Å². The Labute approximate surface area is 524 Å². The third kappa shape index (κ3) is 70.1. The Bertz CT molecular complexity index is 1340. The molecule has 3 N–H and O–H groups in total. The summed E-state index contributed by atoms with van der Waals surface area (Å²) in [6.07, 6.45) is 85.3. The van der Waals surface area contributed by atoms with Crippen LogP contribution in [0, 0.1) is 0 Å². The monoisotopic (exact) mass is 1210 g/mol. The maximum absolute atomic E-state index is 12.8. The van der Waals surface area contributed by atoms with E-state index in [9.17, 15) is 19.0 Å². The summed E-state index contributed by atoms with van der Waals surface area (Å²) in [4.78, 5) is 35.4. The number of carbonyl (C=O) groups excluding carboxylic acids is 2. The molecule has 9 nitrogen and oxygen atoms in total. The summed E-state index contributed by atoms with van der Waals surface area (Å²) < 4.78 is 33.2. The van der Waals surface area contributed by atoms with Gasteiger partial charge in [-0.2, -0.15) is 0 Å². The fourth-order valence-corrected chi connectivity index (χ4v) is 12.9. The van der Waals surface area contributed by atoms with Crippen molar-refractivity contribution in [1.29, 1.82) is 0 Å². The van der Waals surface area contributed by atoms with Crippen LogP contribution in [0.3, 0.4) is 0 Å². The van der Waals surface area contributed by atoms with Crippen LogP contribution in [0.1, 0.15) is 431 Å². The number of hydrogen-bond acceptors (Lipinski definition) is 8. The van der Waals surface area contributed by atoms with Crippen molar-refractivity contribution in [1.82, 2.24) is 0 Å². The molecule has 2 unspecified atom stereocenters. The highest BCUT2D eigenvalue weighted by Crippen LogP contribution is 2.43. The number of rotatable bonds is 74. The van der Waals surface area contributed by atoms with Crippen LogP contribution >= 0.6 is 7.82 Å². The first-order chi connectivity index (χ1) is 41.3. The zero-order valence-corrected chi connectivity index (χ0v) is 57.6. The number of esters is 2. The van der Waals surface area contributed by atoms with Crippen molar-refractivity contribution in [2.24, 2.45) is 5.73 Å². The predicted molar refractivity (Wildman–Crippen MR) is 363 cm³/mol. The molecule has 0 saturated heterocycles. The summed E-state index contributed by atoms with van der Waals surface area (Å²) in [7, 11) is -4.39. The van der Waals surface area contributed by atoms with E-state index in [1.165, 1.54) is 366 Å². The highest BCUT2D eigenvalue weighted by molar-refractivity contribution is 7.47. The van der Waals surface area contributed by atoms with Crippen molar-refractivity contribution < 1.29 is 37.6 Å². The predicted octanol–water partition coefficient (Wildman–Crippen LogP) is 24.9. The summed E-state index contributed by atoms with van der Waals surface area (Å²) in [6.45, 7) is 3.85. The molecule has 0 fully saturated rings. The van der Waals surface area contributed by atoms with Crippen molar-refractivity contribution in [3.8, 4) is 0 Å². The van der Waals surface area contributed by atoms with E-state index in [-0.39, 0.29) is 32.1 Å². The third-order valence-corrected chi connectivity index (χ3v) is 18.7. The molecule has 2 atom stereocenters. The molecule has 0 aliphatic rings. The van der Waals surface area contributed by atoms with Crippen LogP contribution in [-0.4, -0.2) is 49.3 Å². The van der Waals surface area contributed by atoms with E-state index in [2.05, 4.69) is 13.8 Å². The Morgan fingerprint density at radius 2 is 0.512 bits per heavy atom. The summed E-state index contributed by atoms with van der Waals surface area (Å²) in [5.74, 6) is -0.796. The van der Waals surface area contributed by atoms with Gasteiger partial charge in [-0.15, -0.1) is 0 Å². The van der Waals surface area contributed by atoms with Gasteiger partial charge in [0.05, 0.1) is 13.2 Å². The lowest BCUT2D eigenvalue weighted by molar-refractivity contribution is -0.161. The minimum absolute atomic E-state index is 0.0589. The van der Waals surface area contributed by atoms with Crippen LogP contribution in [0.2, 0.25) is 0 Å². The average Bonchev–Trinajstić information content (AvgIpc) is 3.58. The number of ether oxygens (including phenoxy) is 2. The minimum Gasteiger partial charge on any atom is -0.462 e. The highest BCUT2D eigenvalue weighted by atomic mass is 31.2. The number of hydrogen-bond donors (Lipinski definition) is 2. The van der Waals surface area contributed by atoms with Gasteiger partial charge in [0.25, 0.3) is 0 Å². The highest BCUT2D eigenvalue weighted by Gasteiger charge is 2.26. The molecule has 10 heteroatoms. The number of phosphoric ester groups is 1. The Balaban J connectivity index is 3.72. The van der Waals surface area contributed by atoms with E-state index in [1.807, 2.05) is 0 Å². The molecule has 502 valence electrons. The second-order valence-corrected chi connectivity index (χ2v) is 27.7. The van der Waals surface area contributed by atoms with Crippen molar-refractivity contribution in [2.45, 2.75) is 437 Å². The van der Waals surface area contributed by atoms with Crippen molar-refractivity contribution in [3.05, 3.63) is 0 Å². The zero-order valence-electron chi connectivity index (χ0n) is 56.7. The molecular weight excluding hydrogens is 1060 g/mol. The molecular formula is C74H148NO8P. The zero-order chi connectivity index (χ0) is 60.9. The standard InChI is InChI=1S/C74H148NO8P/c1-3-5-7-9-11-13-15-17-19-21-23-25-27-29-30-31-32-33-34-35-36-37-38-39-40-41-42-43-45-47-49-51-53-55-57-59-61-63-65-67-74(77)83-72(71-82-84(78,79)81-69-68-75)70-80-73(76)66-64-62-60-58-56-54-52-50-48-46-44-28-26-24-22-20-18-16-14-12-10-8-6-4-2/h72H,3-71,75H2,1-2H3,(H,78,79). The quantitative estimate of drug-likeness (QED) is 0.0347. The van der Waals surface area contributed by atoms with Gasteiger partial charge in [-0.25, -0.2) is 4.57 Å². The van der Waals surface area contributed by atoms with Gasteiger partial charge in [0.15, 0.2) is 6.10 Å². The number of carbonyl (C=O) groups is 2. The maximum Gasteiger partial charge on any atom is 0.472 e. The van der Waals surface area contributed by atoms with Crippen molar-refractivity contribution in [2.75, 3.05) is 26.4 Å². The lowest BCUT2D eigenvalue weighted by Gasteiger charge is -2.19. The largest absolute Gasteiger partial charge is 0.472 e. The number of phosphoric acid groups is 1. The fraction of sp³-hybridized carbons (Fsp3) is 0.973. The maximum atomic E-state index is 12.8. The smallest absolute Gasteiger partial charge is 0.462 e. The van der Waals surface area contributed by atoms with E-state index in [0.717, 1.165) is 32.1 Å². The van der Waals surface area contributed by atoms with Gasteiger partial charge >= 0.3 is 19.8 Å². The van der Waals surface area contributed by atoms with E-state index >= 15 is 0 Å². The molecule has 0 saturated carbocycles. The minimum atomic E-state index is -4.39. The first kappa shape index (κ1) is 83.0. The third-order valence-electron chi connectivity index (χ3n) is 17.7. The lowest BCUT2D eigenvalue weighted by Crippen LogP contribution is -2.29. The molecule has 0 bridgehead atoms. The fourth-order valence-electron chi connectivity index (χ4n) is 12.1. The SMILES string of the molecule is CCCCCCCCCCCCCCCCCCCCCCCCCCCCCCCCCCCCCCCCCC(=O)OC(COC(=O)CCCCCCCCCCCCCCCCCCCCCCCCCC)COP(=O)(O)OCCN. The van der Waals surface area contributed by atoms with Crippen molar-refractivity contribution >= 4 is 19.8 Å². The molecule has 0 amide bonds. The molecule has 0 heterocycles. The molecule has 0 aromatic heterocycles. The van der Waals surface area contributed by atoms with Crippen LogP contribution in [0.25, 0.3) is 0 Å². The summed E-state index contributed by atoms with van der Waals surface area (Å²) in [6, 6.07) is 0. The second-order valence-electron chi connectivity index (χ2n) is 26.2. The van der Waals surface area contributed by atoms with Gasteiger partial charge in [0.2, 0.25) is 0 Å². The van der Waals surface area contributed by atoms with Crippen molar-refractivity contribution in [3.63, 3.8) is 0 Å². The normalized spacial score (nSPS) is 12.8. The first-order valence-electron chi connectivity index (χ1n) is 38.0. The van der Waals surface area contributed by atoms with E-state index in [0.29, 0.717) is 12.8 Å². The molecule has 0 radical (unpaired) electrons. The molecule has 0 aliphatic carbocycles. The van der Waals surface area contributed by atoms with Crippen LogP contribution < -0.4 is 5.73 Å². The Kier molecular flexibility index (Phi) is 70.3. The summed E-state index contributed by atoms with van der Waals surface area (Å²) in [5.41, 5.74) is 5.41. The van der Waals surface area contributed by atoms with Gasteiger partial charge < -0.3 is 20.1 Å². The van der Waals surface area contributed by atoms with E-state index in [1.54, 1.807) is 0 Å². The second kappa shape index (κ2) is 71.1. The Hall–Kier alpha value is -0.990. The first-order valence-corrected chi connectivity index (χ1v) is 39.5.